The van der Waals surface area contributed by atoms with Crippen molar-refractivity contribution in [3.05, 3.63) is 0 Å². The molecule has 2 amide bonds. The maximum Gasteiger partial charge on any atom is 0.242 e. The van der Waals surface area contributed by atoms with Crippen molar-refractivity contribution in [2.75, 3.05) is 20.1 Å². The predicted octanol–water partition coefficient (Wildman–Crippen LogP) is 1.05. The molecule has 3 N–H and O–H groups in total. The van der Waals surface area contributed by atoms with Gasteiger partial charge < -0.3 is 16.0 Å². The molecule has 2 rings (SSSR count). The average Bonchev–Trinajstić information content (AvgIpc) is 2.46. The number of hydrogen-bond donors (Lipinski definition) is 2. The van der Waals surface area contributed by atoms with Gasteiger partial charge in [0.2, 0.25) is 11.8 Å². The molecule has 116 valence electrons. The zero-order valence-corrected chi connectivity index (χ0v) is 13.0. The second-order valence-corrected chi connectivity index (χ2v) is 5.92. The summed E-state index contributed by atoms with van der Waals surface area (Å²) in [6.07, 6.45) is 6.57. The van der Waals surface area contributed by atoms with Gasteiger partial charge in [0.1, 0.15) is 0 Å². The molecule has 0 spiro atoms. The highest BCUT2D eigenvalue weighted by Gasteiger charge is 2.40. The Labute approximate surface area is 127 Å². The van der Waals surface area contributed by atoms with E-state index < -0.39 is 5.54 Å². The number of likely N-dealkylation sites (tertiary alicyclic amines) is 1. The summed E-state index contributed by atoms with van der Waals surface area (Å²) in [6.45, 7) is 1.27. The molecular weight excluding hydrogens is 278 g/mol. The summed E-state index contributed by atoms with van der Waals surface area (Å²) in [7, 11) is 1.65. The van der Waals surface area contributed by atoms with Crippen molar-refractivity contribution in [3.63, 3.8) is 0 Å². The van der Waals surface area contributed by atoms with E-state index >= 15 is 0 Å². The fraction of sp³-hybridized carbons (Fsp3) is 0.857. The Bertz CT molecular complexity index is 356. The normalized spacial score (nSPS) is 25.5. The molecular formula is C14H26ClN3O2. The average molecular weight is 304 g/mol. The van der Waals surface area contributed by atoms with Gasteiger partial charge in [-0.1, -0.05) is 19.3 Å². The molecule has 0 aromatic rings. The van der Waals surface area contributed by atoms with E-state index in [1.54, 1.807) is 7.05 Å². The zero-order valence-electron chi connectivity index (χ0n) is 12.2. The standard InChI is InChI=1S/C14H25N3O2.ClH/c1-16-12(18)11-6-5-9-17(10-11)13(19)14(15)7-3-2-4-8-14;/h11H,2-10,15H2,1H3,(H,16,18);1H. The van der Waals surface area contributed by atoms with Gasteiger partial charge in [0.25, 0.3) is 0 Å². The van der Waals surface area contributed by atoms with E-state index in [0.29, 0.717) is 6.54 Å². The number of halogens is 1. The van der Waals surface area contributed by atoms with E-state index in [2.05, 4.69) is 5.32 Å². The molecule has 1 aliphatic carbocycles. The van der Waals surface area contributed by atoms with Gasteiger partial charge >= 0.3 is 0 Å². The first-order chi connectivity index (χ1) is 9.07. The van der Waals surface area contributed by atoms with Gasteiger partial charge in [-0.25, -0.2) is 0 Å². The smallest absolute Gasteiger partial charge is 0.242 e. The van der Waals surface area contributed by atoms with Crippen molar-refractivity contribution in [2.24, 2.45) is 11.7 Å². The number of amides is 2. The van der Waals surface area contributed by atoms with Gasteiger partial charge in [-0.2, -0.15) is 0 Å². The van der Waals surface area contributed by atoms with Gasteiger partial charge in [-0.05, 0) is 25.7 Å². The third kappa shape index (κ3) is 3.64. The number of nitrogens with two attached hydrogens (primary N) is 1. The van der Waals surface area contributed by atoms with E-state index in [1.165, 1.54) is 6.42 Å². The Morgan fingerprint density at radius 2 is 1.85 bits per heavy atom. The molecule has 1 heterocycles. The monoisotopic (exact) mass is 303 g/mol. The lowest BCUT2D eigenvalue weighted by Crippen LogP contribution is -2.58. The Hall–Kier alpha value is -0.810. The number of nitrogens with zero attached hydrogens (tertiary/aromatic N) is 1. The van der Waals surface area contributed by atoms with Gasteiger partial charge in [0.15, 0.2) is 0 Å². The van der Waals surface area contributed by atoms with Crippen LogP contribution in [0.5, 0.6) is 0 Å². The van der Waals surface area contributed by atoms with Crippen molar-refractivity contribution < 1.29 is 9.59 Å². The van der Waals surface area contributed by atoms with Crippen LogP contribution in [0.1, 0.15) is 44.9 Å². The van der Waals surface area contributed by atoms with E-state index in [0.717, 1.165) is 45.1 Å². The molecule has 0 aromatic heterocycles. The topological polar surface area (TPSA) is 75.4 Å². The van der Waals surface area contributed by atoms with Crippen LogP contribution in [-0.4, -0.2) is 42.4 Å². The van der Waals surface area contributed by atoms with Crippen LogP contribution in [0.3, 0.4) is 0 Å². The molecule has 5 nitrogen and oxygen atoms in total. The highest BCUT2D eigenvalue weighted by molar-refractivity contribution is 5.87. The first kappa shape index (κ1) is 17.2. The van der Waals surface area contributed by atoms with Crippen LogP contribution in [0.2, 0.25) is 0 Å². The molecule has 2 fully saturated rings. The number of nitrogens with one attached hydrogen (secondary N) is 1. The number of carbonyl (C=O) groups is 2. The molecule has 0 aromatic carbocycles. The van der Waals surface area contributed by atoms with E-state index in [-0.39, 0.29) is 30.1 Å². The van der Waals surface area contributed by atoms with Crippen LogP contribution in [0.25, 0.3) is 0 Å². The van der Waals surface area contributed by atoms with E-state index in [9.17, 15) is 9.59 Å². The van der Waals surface area contributed by atoms with E-state index in [1.807, 2.05) is 4.90 Å². The van der Waals surface area contributed by atoms with Gasteiger partial charge in [0, 0.05) is 20.1 Å². The van der Waals surface area contributed by atoms with Gasteiger partial charge in [-0.15, -0.1) is 12.4 Å². The quantitative estimate of drug-likeness (QED) is 0.801. The summed E-state index contributed by atoms with van der Waals surface area (Å²) >= 11 is 0. The second kappa shape index (κ2) is 7.27. The third-order valence-corrected chi connectivity index (χ3v) is 4.50. The largest absolute Gasteiger partial charge is 0.359 e. The van der Waals surface area contributed by atoms with Gasteiger partial charge in [-0.3, -0.25) is 9.59 Å². The highest BCUT2D eigenvalue weighted by Crippen LogP contribution is 2.29. The van der Waals surface area contributed by atoms with Crippen LogP contribution in [0.15, 0.2) is 0 Å². The summed E-state index contributed by atoms with van der Waals surface area (Å²) < 4.78 is 0. The molecule has 1 unspecified atom stereocenters. The van der Waals surface area contributed by atoms with Crippen molar-refractivity contribution >= 4 is 24.2 Å². The minimum atomic E-state index is -0.678. The zero-order chi connectivity index (χ0) is 13.9. The lowest BCUT2D eigenvalue weighted by molar-refractivity contribution is -0.141. The Morgan fingerprint density at radius 1 is 1.20 bits per heavy atom. The minimum absolute atomic E-state index is 0. The highest BCUT2D eigenvalue weighted by atomic mass is 35.5. The summed E-state index contributed by atoms with van der Waals surface area (Å²) in [4.78, 5) is 26.1. The number of hydrogen-bond acceptors (Lipinski definition) is 3. The molecule has 2 aliphatic rings. The number of piperidine rings is 1. The summed E-state index contributed by atoms with van der Waals surface area (Å²) in [6, 6.07) is 0. The van der Waals surface area contributed by atoms with Gasteiger partial charge in [0.05, 0.1) is 11.5 Å². The minimum Gasteiger partial charge on any atom is -0.359 e. The third-order valence-electron chi connectivity index (χ3n) is 4.50. The second-order valence-electron chi connectivity index (χ2n) is 5.92. The first-order valence-corrected chi connectivity index (χ1v) is 7.37. The molecule has 0 bridgehead atoms. The number of rotatable bonds is 2. The van der Waals surface area contributed by atoms with Crippen LogP contribution < -0.4 is 11.1 Å². The fourth-order valence-electron chi connectivity index (χ4n) is 3.29. The van der Waals surface area contributed by atoms with Crippen molar-refractivity contribution in [1.82, 2.24) is 10.2 Å². The SMILES string of the molecule is CNC(=O)C1CCCN(C(=O)C2(N)CCCCC2)C1.Cl. The molecule has 6 heteroatoms. The first-order valence-electron chi connectivity index (χ1n) is 7.37. The Kier molecular flexibility index (Phi) is 6.27. The van der Waals surface area contributed by atoms with Crippen molar-refractivity contribution in [1.29, 1.82) is 0 Å². The molecule has 1 atom stereocenters. The Morgan fingerprint density at radius 3 is 2.45 bits per heavy atom. The lowest BCUT2D eigenvalue weighted by Gasteiger charge is -2.40. The van der Waals surface area contributed by atoms with Crippen LogP contribution in [0.4, 0.5) is 0 Å². The fourth-order valence-corrected chi connectivity index (χ4v) is 3.29. The summed E-state index contributed by atoms with van der Waals surface area (Å²) in [5.74, 6) is 0.0166. The molecule has 1 saturated carbocycles. The van der Waals surface area contributed by atoms with E-state index in [4.69, 9.17) is 5.73 Å². The van der Waals surface area contributed by atoms with Crippen molar-refractivity contribution in [3.8, 4) is 0 Å². The molecule has 1 saturated heterocycles. The lowest BCUT2D eigenvalue weighted by atomic mass is 9.81. The van der Waals surface area contributed by atoms with Crippen molar-refractivity contribution in [2.45, 2.75) is 50.5 Å². The molecule has 20 heavy (non-hydrogen) atoms. The maximum atomic E-state index is 12.6. The molecule has 0 radical (unpaired) electrons. The molecule has 1 aliphatic heterocycles. The van der Waals surface area contributed by atoms with Crippen LogP contribution in [-0.2, 0) is 9.59 Å². The summed E-state index contributed by atoms with van der Waals surface area (Å²) in [5.41, 5.74) is 5.62. The predicted molar refractivity (Wildman–Crippen MR) is 80.6 cm³/mol. The maximum absolute atomic E-state index is 12.6. The summed E-state index contributed by atoms with van der Waals surface area (Å²) in [5, 5.41) is 2.68. The Balaban J connectivity index is 0.00000200. The van der Waals surface area contributed by atoms with Crippen LogP contribution in [0, 0.1) is 5.92 Å². The van der Waals surface area contributed by atoms with Crippen LogP contribution >= 0.6 is 12.4 Å². The number of carbonyl (C=O) groups excluding carboxylic acids is 2.